The van der Waals surface area contributed by atoms with E-state index in [1.54, 1.807) is 53.6 Å². The van der Waals surface area contributed by atoms with Gasteiger partial charge in [-0.2, -0.15) is 0 Å². The van der Waals surface area contributed by atoms with Crippen LogP contribution >= 0.6 is 11.6 Å². The molecule has 0 unspecified atom stereocenters. The lowest BCUT2D eigenvalue weighted by atomic mass is 9.97. The Labute approximate surface area is 206 Å². The molecule has 0 spiro atoms. The van der Waals surface area contributed by atoms with Gasteiger partial charge in [-0.1, -0.05) is 29.8 Å². The molecule has 1 atom stereocenters. The van der Waals surface area contributed by atoms with Gasteiger partial charge in [-0.3, -0.25) is 9.36 Å². The molecule has 0 saturated carbocycles. The van der Waals surface area contributed by atoms with Gasteiger partial charge in [-0.05, 0) is 61.4 Å². The van der Waals surface area contributed by atoms with Crippen LogP contribution in [0.5, 0.6) is 0 Å². The Morgan fingerprint density at radius 3 is 2.57 bits per heavy atom. The molecule has 176 valence electrons. The van der Waals surface area contributed by atoms with Crippen LogP contribution in [0.15, 0.2) is 67.3 Å². The number of H-pyrrole nitrogens is 1. The average molecular weight is 489 g/mol. The number of halogens is 2. The number of hydrogen-bond donors (Lipinski definition) is 2. The van der Waals surface area contributed by atoms with Gasteiger partial charge in [0, 0.05) is 17.8 Å². The highest BCUT2D eigenvalue weighted by Crippen LogP contribution is 2.28. The van der Waals surface area contributed by atoms with Crippen LogP contribution < -0.4 is 5.32 Å². The number of carbonyl (C=O) groups is 1. The van der Waals surface area contributed by atoms with E-state index in [0.717, 1.165) is 27.8 Å². The van der Waals surface area contributed by atoms with Gasteiger partial charge in [0.2, 0.25) is 0 Å². The summed E-state index contributed by atoms with van der Waals surface area (Å²) in [7, 11) is 0. The number of nitrogens with one attached hydrogen (secondary N) is 2. The van der Waals surface area contributed by atoms with Crippen LogP contribution in [-0.2, 0) is 0 Å². The minimum Gasteiger partial charge on any atom is -0.351 e. The van der Waals surface area contributed by atoms with Gasteiger partial charge in [-0.15, -0.1) is 10.2 Å². The van der Waals surface area contributed by atoms with Gasteiger partial charge < -0.3 is 10.3 Å². The maximum absolute atomic E-state index is 14.8. The van der Waals surface area contributed by atoms with Crippen LogP contribution in [0.3, 0.4) is 0 Å². The summed E-state index contributed by atoms with van der Waals surface area (Å²) in [6.07, 6.45) is 3.08. The van der Waals surface area contributed by atoms with Crippen molar-refractivity contribution in [3.05, 3.63) is 106 Å². The molecule has 2 N–H and O–H groups in total. The molecule has 5 aromatic rings. The summed E-state index contributed by atoms with van der Waals surface area (Å²) < 4.78 is 16.5. The first-order valence-corrected chi connectivity index (χ1v) is 11.4. The van der Waals surface area contributed by atoms with Crippen molar-refractivity contribution < 1.29 is 9.18 Å². The molecule has 0 aliphatic rings. The molecule has 3 aromatic carbocycles. The highest BCUT2D eigenvalue weighted by atomic mass is 35.5. The molecule has 35 heavy (non-hydrogen) atoms. The molecule has 0 radical (unpaired) electrons. The van der Waals surface area contributed by atoms with Crippen LogP contribution in [0, 0.1) is 19.7 Å². The average Bonchev–Trinajstić information content (AvgIpc) is 3.51. The molecule has 2 aromatic heterocycles. The molecular formula is C26H22ClFN6O. The minimum atomic E-state index is -0.525. The molecule has 9 heteroatoms. The van der Waals surface area contributed by atoms with Crippen LogP contribution in [0.25, 0.3) is 16.7 Å². The fourth-order valence-electron chi connectivity index (χ4n) is 4.04. The third kappa shape index (κ3) is 4.52. The van der Waals surface area contributed by atoms with Gasteiger partial charge in [0.15, 0.2) is 0 Å². The second kappa shape index (κ2) is 9.31. The Morgan fingerprint density at radius 2 is 1.83 bits per heavy atom. The summed E-state index contributed by atoms with van der Waals surface area (Å²) in [5.74, 6) is -0.682. The number of fused-ring (bicyclic) bond motifs is 1. The normalized spacial score (nSPS) is 12.1. The maximum Gasteiger partial charge on any atom is 0.252 e. The van der Waals surface area contributed by atoms with Crippen LogP contribution in [-0.4, -0.2) is 37.2 Å². The van der Waals surface area contributed by atoms with Crippen LogP contribution in [0.1, 0.15) is 38.8 Å². The summed E-state index contributed by atoms with van der Waals surface area (Å²) in [5, 5.41) is 10.7. The van der Waals surface area contributed by atoms with Gasteiger partial charge in [0.1, 0.15) is 24.3 Å². The number of rotatable bonds is 6. The van der Waals surface area contributed by atoms with E-state index in [9.17, 15) is 9.18 Å². The van der Waals surface area contributed by atoms with Crippen molar-refractivity contribution in [3.63, 3.8) is 0 Å². The predicted octanol–water partition coefficient (Wildman–Crippen LogP) is 5.11. The van der Waals surface area contributed by atoms with E-state index in [0.29, 0.717) is 17.0 Å². The fraction of sp³-hybridized carbons (Fsp3) is 0.154. The fourth-order valence-corrected chi connectivity index (χ4v) is 4.30. The summed E-state index contributed by atoms with van der Waals surface area (Å²) in [6.45, 7) is 4.18. The number of amides is 1. The van der Waals surface area contributed by atoms with E-state index in [4.69, 9.17) is 16.6 Å². The van der Waals surface area contributed by atoms with Gasteiger partial charge in [0.25, 0.3) is 5.91 Å². The zero-order valence-electron chi connectivity index (χ0n) is 19.1. The quantitative estimate of drug-likeness (QED) is 0.347. The van der Waals surface area contributed by atoms with Gasteiger partial charge >= 0.3 is 0 Å². The molecular weight excluding hydrogens is 467 g/mol. The first kappa shape index (κ1) is 22.7. The van der Waals surface area contributed by atoms with Crippen LogP contribution in [0.4, 0.5) is 4.39 Å². The second-order valence-electron chi connectivity index (χ2n) is 8.39. The maximum atomic E-state index is 14.8. The smallest absolute Gasteiger partial charge is 0.252 e. The third-order valence-corrected chi connectivity index (χ3v) is 6.42. The number of nitrogens with zero attached hydrogens (tertiary/aromatic N) is 4. The van der Waals surface area contributed by atoms with E-state index in [1.165, 1.54) is 6.07 Å². The molecule has 0 aliphatic carbocycles. The van der Waals surface area contributed by atoms with E-state index < -0.39 is 5.92 Å². The molecule has 2 heterocycles. The molecule has 0 saturated heterocycles. The van der Waals surface area contributed by atoms with Crippen molar-refractivity contribution in [2.75, 3.05) is 6.54 Å². The van der Waals surface area contributed by atoms with Crippen molar-refractivity contribution in [3.8, 4) is 5.69 Å². The number of aromatic amines is 1. The van der Waals surface area contributed by atoms with Crippen molar-refractivity contribution in [1.82, 2.24) is 30.0 Å². The summed E-state index contributed by atoms with van der Waals surface area (Å²) in [4.78, 5) is 21.1. The minimum absolute atomic E-state index is 0.126. The number of imidazole rings is 1. The largest absolute Gasteiger partial charge is 0.351 e. The summed E-state index contributed by atoms with van der Waals surface area (Å²) in [5.41, 5.74) is 5.39. The third-order valence-electron chi connectivity index (χ3n) is 6.11. The van der Waals surface area contributed by atoms with Crippen LogP contribution in [0.2, 0.25) is 5.02 Å². The van der Waals surface area contributed by atoms with E-state index >= 15 is 0 Å². The zero-order valence-corrected chi connectivity index (χ0v) is 19.8. The molecule has 1 amide bonds. The molecule has 0 fully saturated rings. The zero-order chi connectivity index (χ0) is 24.5. The Bertz CT molecular complexity index is 1490. The highest BCUT2D eigenvalue weighted by molar-refractivity contribution is 6.34. The Morgan fingerprint density at radius 1 is 1.09 bits per heavy atom. The summed E-state index contributed by atoms with van der Waals surface area (Å²) >= 11 is 6.41. The van der Waals surface area contributed by atoms with Crippen molar-refractivity contribution in [1.29, 1.82) is 0 Å². The Balaban J connectivity index is 1.44. The lowest BCUT2D eigenvalue weighted by Crippen LogP contribution is -2.30. The summed E-state index contributed by atoms with van der Waals surface area (Å²) in [6, 6.07) is 15.6. The Hall–Kier alpha value is -4.04. The molecule has 7 nitrogen and oxygen atoms in total. The second-order valence-corrected chi connectivity index (χ2v) is 8.80. The first-order valence-electron chi connectivity index (χ1n) is 11.0. The first-order chi connectivity index (χ1) is 16.9. The number of aryl methyl sites for hydroxylation is 2. The highest BCUT2D eigenvalue weighted by Gasteiger charge is 2.23. The number of benzene rings is 3. The lowest BCUT2D eigenvalue weighted by Gasteiger charge is -2.17. The monoisotopic (exact) mass is 488 g/mol. The molecule has 0 bridgehead atoms. The standard InChI is InChI=1S/C26H22ClFN6O/c1-15-9-23-24(10-16(15)2)33-25(32-23)20(18-5-3-4-6-22(18)28)12-29-26(35)19-8-7-17(11-21(19)27)34-13-30-31-14-34/h3-11,13-14,20H,12H2,1-2H3,(H,29,35)(H,32,33)/t20-/m0/s1. The number of aromatic nitrogens is 5. The van der Waals surface area contributed by atoms with Crippen molar-refractivity contribution in [2.24, 2.45) is 0 Å². The van der Waals surface area contributed by atoms with E-state index in [-0.39, 0.29) is 23.3 Å². The number of hydrogen-bond acceptors (Lipinski definition) is 4. The SMILES string of the molecule is Cc1cc2nc([C@@H](CNC(=O)c3ccc(-n4cnnc4)cc3Cl)c3ccccc3F)[nH]c2cc1C. The van der Waals surface area contributed by atoms with Crippen molar-refractivity contribution >= 4 is 28.5 Å². The lowest BCUT2D eigenvalue weighted by molar-refractivity contribution is 0.0952. The molecule has 5 rings (SSSR count). The van der Waals surface area contributed by atoms with Gasteiger partial charge in [-0.25, -0.2) is 9.37 Å². The van der Waals surface area contributed by atoms with E-state index in [1.807, 2.05) is 26.0 Å². The molecule has 0 aliphatic heterocycles. The topological polar surface area (TPSA) is 88.5 Å². The Kier molecular flexibility index (Phi) is 6.05. The van der Waals surface area contributed by atoms with Crippen molar-refractivity contribution in [2.45, 2.75) is 19.8 Å². The van der Waals surface area contributed by atoms with E-state index in [2.05, 4.69) is 20.5 Å². The van der Waals surface area contributed by atoms with Gasteiger partial charge in [0.05, 0.1) is 27.5 Å². The predicted molar refractivity (Wildman–Crippen MR) is 133 cm³/mol. The number of carbonyl (C=O) groups excluding carboxylic acids is 1.